The molecule has 0 spiro atoms. The Labute approximate surface area is 177 Å². The highest BCUT2D eigenvalue weighted by Gasteiger charge is 2.17. The van der Waals surface area contributed by atoms with Crippen LogP contribution in [0.2, 0.25) is 0 Å². The number of phenols is 2. The highest BCUT2D eigenvalue weighted by molar-refractivity contribution is 5.82. The third-order valence-electron chi connectivity index (χ3n) is 4.96. The van der Waals surface area contributed by atoms with Gasteiger partial charge in [0, 0.05) is 59.6 Å². The Balaban J connectivity index is 1.58. The second-order valence-corrected chi connectivity index (χ2v) is 6.98. The van der Waals surface area contributed by atoms with Crippen molar-refractivity contribution in [2.24, 2.45) is 0 Å². The molecule has 3 aromatic carbocycles. The number of fused-ring (bicyclic) bond motifs is 2. The zero-order valence-corrected chi connectivity index (χ0v) is 16.0. The summed E-state index contributed by atoms with van der Waals surface area (Å²) in [6, 6.07) is 10.9. The summed E-state index contributed by atoms with van der Waals surface area (Å²) in [4.78, 5) is 20.9. The third kappa shape index (κ3) is 3.02. The zero-order chi connectivity index (χ0) is 22.6. The second kappa shape index (κ2) is 6.77. The number of nitro benzene ring substituents is 2. The molecule has 2 aromatic heterocycles. The maximum absolute atomic E-state index is 11.0. The fourth-order valence-corrected chi connectivity index (χ4v) is 3.42. The molecule has 2 heterocycles. The van der Waals surface area contributed by atoms with E-state index >= 15 is 0 Å². The fraction of sp³-hybridized carbons (Fsp3) is 0. The normalized spacial score (nSPS) is 11.2. The van der Waals surface area contributed by atoms with E-state index in [1.807, 2.05) is 0 Å². The van der Waals surface area contributed by atoms with Gasteiger partial charge in [-0.05, 0) is 12.1 Å². The summed E-state index contributed by atoms with van der Waals surface area (Å²) in [5, 5.41) is 52.7. The highest BCUT2D eigenvalue weighted by atomic mass is 16.6. The molecule has 32 heavy (non-hydrogen) atoms. The van der Waals surface area contributed by atoms with Gasteiger partial charge in [0.1, 0.15) is 22.9 Å². The standard InChI is InChI=1S/C20H12N6O6/c27-19-8-18(24-10-12-6-14(26(31)32)2-4-16(12)22-24)20(28)7-17(19)23-9-11-5-13(25(29)30)1-3-15(11)21-23/h1-10,27-28H. The number of benzene rings is 3. The van der Waals surface area contributed by atoms with Gasteiger partial charge in [0.2, 0.25) is 0 Å². The van der Waals surface area contributed by atoms with Gasteiger partial charge < -0.3 is 10.2 Å². The predicted octanol–water partition coefficient (Wildman–Crippen LogP) is 3.59. The number of phenolic OH excluding ortho intramolecular Hbond substituents is 2. The number of hydrogen-bond donors (Lipinski definition) is 2. The molecule has 0 fully saturated rings. The Kier molecular flexibility index (Phi) is 4.02. The molecule has 0 amide bonds. The first-order valence-electron chi connectivity index (χ1n) is 9.14. The SMILES string of the molecule is O=[N+]([O-])c1ccc2nn(-c3cc(O)c(-n4cc5cc([N+](=O)[O-])ccc5n4)cc3O)cc2c1. The molecule has 5 rings (SSSR count). The minimum absolute atomic E-state index is 0.0922. The molecule has 0 saturated heterocycles. The van der Waals surface area contributed by atoms with Crippen molar-refractivity contribution in [3.63, 3.8) is 0 Å². The van der Waals surface area contributed by atoms with E-state index in [0.717, 1.165) is 0 Å². The minimum atomic E-state index is -0.516. The van der Waals surface area contributed by atoms with Crippen molar-refractivity contribution in [2.45, 2.75) is 0 Å². The number of rotatable bonds is 4. The lowest BCUT2D eigenvalue weighted by Crippen LogP contribution is -1.99. The molecule has 0 bridgehead atoms. The molecule has 0 aliphatic carbocycles. The summed E-state index contributed by atoms with van der Waals surface area (Å²) < 4.78 is 2.60. The van der Waals surface area contributed by atoms with Crippen LogP contribution in [0.3, 0.4) is 0 Å². The Morgan fingerprint density at radius 3 is 1.47 bits per heavy atom. The molecule has 0 unspecified atom stereocenters. The van der Waals surface area contributed by atoms with Gasteiger partial charge in [-0.1, -0.05) is 0 Å². The van der Waals surface area contributed by atoms with Gasteiger partial charge >= 0.3 is 0 Å². The van der Waals surface area contributed by atoms with Gasteiger partial charge in [-0.3, -0.25) is 20.2 Å². The number of nitrogens with zero attached hydrogens (tertiary/aromatic N) is 6. The van der Waals surface area contributed by atoms with Crippen LogP contribution in [0.15, 0.2) is 60.9 Å². The first-order valence-corrected chi connectivity index (χ1v) is 9.14. The topological polar surface area (TPSA) is 162 Å². The van der Waals surface area contributed by atoms with E-state index in [9.17, 15) is 30.4 Å². The number of aromatic hydroxyl groups is 2. The Morgan fingerprint density at radius 2 is 1.09 bits per heavy atom. The predicted molar refractivity (Wildman–Crippen MR) is 112 cm³/mol. The van der Waals surface area contributed by atoms with Crippen molar-refractivity contribution in [3.8, 4) is 22.9 Å². The third-order valence-corrected chi connectivity index (χ3v) is 4.96. The van der Waals surface area contributed by atoms with Gasteiger partial charge in [0.05, 0.1) is 20.9 Å². The summed E-state index contributed by atoms with van der Waals surface area (Å²) in [6.07, 6.45) is 3.00. The van der Waals surface area contributed by atoms with E-state index in [-0.39, 0.29) is 34.2 Å². The van der Waals surface area contributed by atoms with Crippen molar-refractivity contribution in [1.82, 2.24) is 19.6 Å². The van der Waals surface area contributed by atoms with Crippen molar-refractivity contribution < 1.29 is 20.1 Å². The van der Waals surface area contributed by atoms with Crippen LogP contribution in [0.1, 0.15) is 0 Å². The molecule has 2 N–H and O–H groups in total. The maximum Gasteiger partial charge on any atom is 0.270 e. The number of nitro groups is 2. The average molecular weight is 432 g/mol. The molecule has 0 aliphatic heterocycles. The maximum atomic E-state index is 11.0. The lowest BCUT2D eigenvalue weighted by molar-refractivity contribution is -0.384. The zero-order valence-electron chi connectivity index (χ0n) is 16.0. The van der Waals surface area contributed by atoms with E-state index < -0.39 is 9.85 Å². The summed E-state index contributed by atoms with van der Waals surface area (Å²) in [6.45, 7) is 0. The molecule has 12 heteroatoms. The van der Waals surface area contributed by atoms with Crippen LogP contribution in [-0.4, -0.2) is 39.6 Å². The first kappa shape index (κ1) is 19.0. The van der Waals surface area contributed by atoms with E-state index in [1.165, 1.54) is 70.3 Å². The first-order chi connectivity index (χ1) is 15.3. The molecular weight excluding hydrogens is 420 g/mol. The van der Waals surface area contributed by atoms with Gasteiger partial charge in [0.25, 0.3) is 11.4 Å². The van der Waals surface area contributed by atoms with Gasteiger partial charge in [-0.25, -0.2) is 9.36 Å². The van der Waals surface area contributed by atoms with Crippen LogP contribution in [0.25, 0.3) is 33.2 Å². The second-order valence-electron chi connectivity index (χ2n) is 6.98. The van der Waals surface area contributed by atoms with Crippen molar-refractivity contribution in [1.29, 1.82) is 0 Å². The van der Waals surface area contributed by atoms with Crippen molar-refractivity contribution in [3.05, 3.63) is 81.2 Å². The van der Waals surface area contributed by atoms with Crippen LogP contribution in [-0.2, 0) is 0 Å². The Hall–Kier alpha value is -5.00. The van der Waals surface area contributed by atoms with E-state index in [0.29, 0.717) is 21.8 Å². The van der Waals surface area contributed by atoms with E-state index in [2.05, 4.69) is 10.2 Å². The lowest BCUT2D eigenvalue weighted by Gasteiger charge is -2.10. The molecule has 0 atom stereocenters. The number of non-ortho nitro benzene ring substituents is 2. The molecule has 158 valence electrons. The number of hydrogen-bond acceptors (Lipinski definition) is 8. The van der Waals surface area contributed by atoms with Gasteiger partial charge in [-0.2, -0.15) is 10.2 Å². The van der Waals surface area contributed by atoms with Crippen molar-refractivity contribution >= 4 is 33.2 Å². The molecule has 0 aliphatic rings. The highest BCUT2D eigenvalue weighted by Crippen LogP contribution is 2.34. The number of aromatic nitrogens is 4. The lowest BCUT2D eigenvalue weighted by atomic mass is 10.2. The summed E-state index contributed by atoms with van der Waals surface area (Å²) in [5.41, 5.74) is 1.06. The van der Waals surface area contributed by atoms with E-state index in [1.54, 1.807) is 0 Å². The average Bonchev–Trinajstić information content (AvgIpc) is 3.37. The molecule has 0 saturated carbocycles. The largest absolute Gasteiger partial charge is 0.506 e. The van der Waals surface area contributed by atoms with Crippen LogP contribution in [0.5, 0.6) is 11.5 Å². The summed E-state index contributed by atoms with van der Waals surface area (Å²) in [5.74, 6) is -0.462. The molecule has 12 nitrogen and oxygen atoms in total. The fourth-order valence-electron chi connectivity index (χ4n) is 3.42. The smallest absolute Gasteiger partial charge is 0.270 e. The van der Waals surface area contributed by atoms with E-state index in [4.69, 9.17) is 0 Å². The van der Waals surface area contributed by atoms with Crippen LogP contribution >= 0.6 is 0 Å². The monoisotopic (exact) mass is 432 g/mol. The van der Waals surface area contributed by atoms with Crippen molar-refractivity contribution in [2.75, 3.05) is 0 Å². The Bertz CT molecular complexity index is 1450. The van der Waals surface area contributed by atoms with Gasteiger partial charge in [0.15, 0.2) is 0 Å². The summed E-state index contributed by atoms with van der Waals surface area (Å²) >= 11 is 0. The molecule has 5 aromatic rings. The van der Waals surface area contributed by atoms with Crippen LogP contribution in [0.4, 0.5) is 11.4 Å². The summed E-state index contributed by atoms with van der Waals surface area (Å²) in [7, 11) is 0. The Morgan fingerprint density at radius 1 is 0.688 bits per heavy atom. The van der Waals surface area contributed by atoms with Gasteiger partial charge in [-0.15, -0.1) is 0 Å². The quantitative estimate of drug-likeness (QED) is 0.247. The minimum Gasteiger partial charge on any atom is -0.506 e. The molecular formula is C20H12N6O6. The van der Waals surface area contributed by atoms with Crippen LogP contribution < -0.4 is 0 Å². The molecule has 0 radical (unpaired) electrons. The van der Waals surface area contributed by atoms with Crippen LogP contribution in [0, 0.1) is 20.2 Å².